The zero-order valence-corrected chi connectivity index (χ0v) is 10.4. The average molecular weight is 288 g/mol. The standard InChI is InChI=1S/C10H10BrNO4/c1-15-9(13)3-6-7(10(14)16-2)4-12-5-8(6)11/h4-5H,3H2,1-2H3. The molecule has 0 saturated heterocycles. The number of aromatic nitrogens is 1. The van der Waals surface area contributed by atoms with E-state index in [9.17, 15) is 9.59 Å². The molecule has 0 N–H and O–H groups in total. The summed E-state index contributed by atoms with van der Waals surface area (Å²) in [4.78, 5) is 26.4. The van der Waals surface area contributed by atoms with Crippen LogP contribution in [0.5, 0.6) is 0 Å². The molecule has 0 atom stereocenters. The van der Waals surface area contributed by atoms with Gasteiger partial charge in [-0.05, 0) is 21.5 Å². The number of ether oxygens (including phenoxy) is 2. The average Bonchev–Trinajstić information content (AvgIpc) is 2.30. The van der Waals surface area contributed by atoms with E-state index in [-0.39, 0.29) is 12.0 Å². The number of methoxy groups -OCH3 is 2. The molecule has 0 fully saturated rings. The molecule has 0 saturated carbocycles. The molecule has 5 nitrogen and oxygen atoms in total. The van der Waals surface area contributed by atoms with Gasteiger partial charge in [0.15, 0.2) is 0 Å². The summed E-state index contributed by atoms with van der Waals surface area (Å²) in [5.74, 6) is -0.968. The Morgan fingerprint density at radius 3 is 2.56 bits per heavy atom. The van der Waals surface area contributed by atoms with Gasteiger partial charge in [0.05, 0.1) is 26.2 Å². The number of halogens is 1. The smallest absolute Gasteiger partial charge is 0.339 e. The molecular formula is C10H10BrNO4. The van der Waals surface area contributed by atoms with Crippen molar-refractivity contribution < 1.29 is 19.1 Å². The maximum Gasteiger partial charge on any atom is 0.339 e. The molecular weight excluding hydrogens is 278 g/mol. The van der Waals surface area contributed by atoms with E-state index in [4.69, 9.17) is 0 Å². The lowest BCUT2D eigenvalue weighted by atomic mass is 10.1. The first-order valence-electron chi connectivity index (χ1n) is 4.37. The Kier molecular flexibility index (Phi) is 4.42. The molecule has 86 valence electrons. The number of pyridine rings is 1. The van der Waals surface area contributed by atoms with Crippen LogP contribution in [0.3, 0.4) is 0 Å². The van der Waals surface area contributed by atoms with E-state index in [1.807, 2.05) is 0 Å². The van der Waals surface area contributed by atoms with E-state index in [2.05, 4.69) is 30.4 Å². The number of nitrogens with zero attached hydrogens (tertiary/aromatic N) is 1. The lowest BCUT2D eigenvalue weighted by molar-refractivity contribution is -0.139. The van der Waals surface area contributed by atoms with Crippen LogP contribution in [0.15, 0.2) is 16.9 Å². The zero-order chi connectivity index (χ0) is 12.1. The molecule has 0 radical (unpaired) electrons. The van der Waals surface area contributed by atoms with Crippen LogP contribution in [-0.2, 0) is 20.7 Å². The van der Waals surface area contributed by atoms with Gasteiger partial charge in [-0.3, -0.25) is 9.78 Å². The first-order valence-corrected chi connectivity index (χ1v) is 5.17. The highest BCUT2D eigenvalue weighted by molar-refractivity contribution is 9.10. The SMILES string of the molecule is COC(=O)Cc1c(Br)cncc1C(=O)OC. The van der Waals surface area contributed by atoms with Crippen molar-refractivity contribution in [2.24, 2.45) is 0 Å². The fraction of sp³-hybridized carbons (Fsp3) is 0.300. The zero-order valence-electron chi connectivity index (χ0n) is 8.82. The van der Waals surface area contributed by atoms with Crippen molar-refractivity contribution in [3.05, 3.63) is 28.0 Å². The topological polar surface area (TPSA) is 65.5 Å². The number of rotatable bonds is 3. The van der Waals surface area contributed by atoms with Gasteiger partial charge < -0.3 is 9.47 Å². The Morgan fingerprint density at radius 1 is 1.31 bits per heavy atom. The Labute approximate surface area is 101 Å². The summed E-state index contributed by atoms with van der Waals surface area (Å²) in [5, 5.41) is 0. The molecule has 0 aliphatic rings. The number of hydrogen-bond donors (Lipinski definition) is 0. The monoisotopic (exact) mass is 287 g/mol. The van der Waals surface area contributed by atoms with Gasteiger partial charge in [0.2, 0.25) is 0 Å². The van der Waals surface area contributed by atoms with Gasteiger partial charge >= 0.3 is 11.9 Å². The van der Waals surface area contributed by atoms with E-state index in [0.29, 0.717) is 10.0 Å². The first-order chi connectivity index (χ1) is 7.60. The van der Waals surface area contributed by atoms with Crippen LogP contribution in [0, 0.1) is 0 Å². The summed E-state index contributed by atoms with van der Waals surface area (Å²) in [7, 11) is 2.56. The van der Waals surface area contributed by atoms with Crippen molar-refractivity contribution in [3.63, 3.8) is 0 Å². The fourth-order valence-corrected chi connectivity index (χ4v) is 1.62. The molecule has 0 bridgehead atoms. The van der Waals surface area contributed by atoms with E-state index in [0.717, 1.165) is 0 Å². The lowest BCUT2D eigenvalue weighted by Crippen LogP contribution is -2.12. The maximum atomic E-state index is 11.4. The molecule has 1 heterocycles. The molecule has 0 spiro atoms. The van der Waals surface area contributed by atoms with Gasteiger partial charge in [-0.2, -0.15) is 0 Å². The number of carbonyl (C=O) groups is 2. The quantitative estimate of drug-likeness (QED) is 0.785. The van der Waals surface area contributed by atoms with Gasteiger partial charge in [0.1, 0.15) is 0 Å². The predicted molar refractivity (Wildman–Crippen MR) is 59.0 cm³/mol. The Hall–Kier alpha value is -1.43. The van der Waals surface area contributed by atoms with Crippen LogP contribution in [0.4, 0.5) is 0 Å². The van der Waals surface area contributed by atoms with E-state index in [1.165, 1.54) is 26.6 Å². The minimum atomic E-state index is -0.535. The van der Waals surface area contributed by atoms with Crippen LogP contribution in [0.2, 0.25) is 0 Å². The Morgan fingerprint density at radius 2 is 2.00 bits per heavy atom. The number of esters is 2. The Bertz CT molecular complexity index is 419. The summed E-state index contributed by atoms with van der Waals surface area (Å²) in [6, 6.07) is 0. The van der Waals surface area contributed by atoms with Gasteiger partial charge in [0, 0.05) is 16.9 Å². The Balaban J connectivity index is 3.13. The summed E-state index contributed by atoms with van der Waals surface area (Å²) >= 11 is 3.22. The normalized spacial score (nSPS) is 9.69. The van der Waals surface area contributed by atoms with Gasteiger partial charge in [-0.1, -0.05) is 0 Å². The van der Waals surface area contributed by atoms with Crippen molar-refractivity contribution in [3.8, 4) is 0 Å². The van der Waals surface area contributed by atoms with Crippen molar-refractivity contribution in [1.29, 1.82) is 0 Å². The second-order valence-electron chi connectivity index (χ2n) is 2.89. The molecule has 0 aliphatic carbocycles. The minimum absolute atomic E-state index is 0.00988. The molecule has 6 heteroatoms. The summed E-state index contributed by atoms with van der Waals surface area (Å²) in [5.41, 5.74) is 0.760. The minimum Gasteiger partial charge on any atom is -0.469 e. The third kappa shape index (κ3) is 2.79. The van der Waals surface area contributed by atoms with Crippen molar-refractivity contribution >= 4 is 27.9 Å². The van der Waals surface area contributed by atoms with Crippen molar-refractivity contribution in [1.82, 2.24) is 4.98 Å². The molecule has 0 aliphatic heterocycles. The highest BCUT2D eigenvalue weighted by atomic mass is 79.9. The van der Waals surface area contributed by atoms with E-state index < -0.39 is 11.9 Å². The van der Waals surface area contributed by atoms with Crippen LogP contribution in [0.1, 0.15) is 15.9 Å². The van der Waals surface area contributed by atoms with Crippen LogP contribution in [-0.4, -0.2) is 31.1 Å². The molecule has 1 aromatic heterocycles. The first kappa shape index (κ1) is 12.6. The predicted octanol–water partition coefficient (Wildman–Crippen LogP) is 1.35. The maximum absolute atomic E-state index is 11.4. The molecule has 0 amide bonds. The third-order valence-corrected chi connectivity index (χ3v) is 2.64. The van der Waals surface area contributed by atoms with Gasteiger partial charge in [-0.15, -0.1) is 0 Å². The lowest BCUT2D eigenvalue weighted by Gasteiger charge is -2.08. The van der Waals surface area contributed by atoms with Crippen molar-refractivity contribution in [2.75, 3.05) is 14.2 Å². The fourth-order valence-electron chi connectivity index (χ4n) is 1.14. The third-order valence-electron chi connectivity index (χ3n) is 1.96. The number of carbonyl (C=O) groups excluding carboxylic acids is 2. The number of hydrogen-bond acceptors (Lipinski definition) is 5. The summed E-state index contributed by atoms with van der Waals surface area (Å²) in [6.07, 6.45) is 2.85. The highest BCUT2D eigenvalue weighted by Gasteiger charge is 2.17. The summed E-state index contributed by atoms with van der Waals surface area (Å²) in [6.45, 7) is 0. The molecule has 1 rings (SSSR count). The van der Waals surface area contributed by atoms with E-state index in [1.54, 1.807) is 0 Å². The summed E-state index contributed by atoms with van der Waals surface area (Å²) < 4.78 is 9.71. The van der Waals surface area contributed by atoms with Crippen LogP contribution in [0.25, 0.3) is 0 Å². The molecule has 0 unspecified atom stereocenters. The molecule has 16 heavy (non-hydrogen) atoms. The van der Waals surface area contributed by atoms with Crippen LogP contribution >= 0.6 is 15.9 Å². The second kappa shape index (κ2) is 5.60. The van der Waals surface area contributed by atoms with E-state index >= 15 is 0 Å². The van der Waals surface area contributed by atoms with Gasteiger partial charge in [-0.25, -0.2) is 4.79 Å². The van der Waals surface area contributed by atoms with Crippen LogP contribution < -0.4 is 0 Å². The largest absolute Gasteiger partial charge is 0.469 e. The highest BCUT2D eigenvalue weighted by Crippen LogP contribution is 2.20. The van der Waals surface area contributed by atoms with Crippen molar-refractivity contribution in [2.45, 2.75) is 6.42 Å². The van der Waals surface area contributed by atoms with Gasteiger partial charge in [0.25, 0.3) is 0 Å². The molecule has 1 aromatic rings. The molecule has 0 aromatic carbocycles. The second-order valence-corrected chi connectivity index (χ2v) is 3.75.